The molecular formula is C25H37N5O2S. The lowest BCUT2D eigenvalue weighted by Crippen LogP contribution is -2.48. The molecule has 0 aliphatic carbocycles. The second-order valence-electron chi connectivity index (χ2n) is 8.63. The lowest BCUT2D eigenvalue weighted by molar-refractivity contribution is -0.130. The Bertz CT molecular complexity index is 880. The standard InChI is InChI=1S/C25H37N5O2S/c1-20-18-23(32-5)19-21(2)25(20)33-28(4)11-8-24(31)27(3)12-13-29-14-16-30(17-15-29)22-6-9-26-10-7-22/h6-7,9-10,18-19H,8,11-17H2,1-5H3. The molecule has 2 heterocycles. The van der Waals surface area contributed by atoms with Crippen LogP contribution >= 0.6 is 11.9 Å². The lowest BCUT2D eigenvalue weighted by atomic mass is 10.1. The van der Waals surface area contributed by atoms with Crippen molar-refractivity contribution in [3.8, 4) is 5.75 Å². The quantitative estimate of drug-likeness (QED) is 0.493. The SMILES string of the molecule is COc1cc(C)c(SN(C)CCC(=O)N(C)CCN2CCN(c3ccncc3)CC2)c(C)c1. The molecule has 3 rings (SSSR count). The van der Waals surface area contributed by atoms with E-state index in [0.717, 1.165) is 45.0 Å². The van der Waals surface area contributed by atoms with Gasteiger partial charge in [-0.15, -0.1) is 0 Å². The molecule has 180 valence electrons. The highest BCUT2D eigenvalue weighted by molar-refractivity contribution is 7.97. The Balaban J connectivity index is 1.37. The molecule has 2 aromatic rings. The van der Waals surface area contributed by atoms with Crippen molar-refractivity contribution in [3.63, 3.8) is 0 Å². The second kappa shape index (κ2) is 12.3. The van der Waals surface area contributed by atoms with E-state index in [1.165, 1.54) is 21.7 Å². The molecular weight excluding hydrogens is 434 g/mol. The zero-order valence-electron chi connectivity index (χ0n) is 20.6. The van der Waals surface area contributed by atoms with E-state index in [1.807, 2.05) is 31.4 Å². The third kappa shape index (κ3) is 7.35. The van der Waals surface area contributed by atoms with Gasteiger partial charge in [-0.05, 0) is 68.2 Å². The predicted molar refractivity (Wildman–Crippen MR) is 136 cm³/mol. The van der Waals surface area contributed by atoms with Crippen LogP contribution in [0.5, 0.6) is 5.75 Å². The van der Waals surface area contributed by atoms with Crippen LogP contribution < -0.4 is 9.64 Å². The van der Waals surface area contributed by atoms with Crippen molar-refractivity contribution >= 4 is 23.5 Å². The first-order chi connectivity index (χ1) is 15.9. The zero-order valence-corrected chi connectivity index (χ0v) is 21.4. The van der Waals surface area contributed by atoms with Gasteiger partial charge in [0.05, 0.1) is 7.11 Å². The molecule has 33 heavy (non-hydrogen) atoms. The summed E-state index contributed by atoms with van der Waals surface area (Å²) in [6.07, 6.45) is 4.21. The predicted octanol–water partition coefficient (Wildman–Crippen LogP) is 3.32. The van der Waals surface area contributed by atoms with E-state index in [4.69, 9.17) is 4.74 Å². The van der Waals surface area contributed by atoms with Crippen molar-refractivity contribution in [1.82, 2.24) is 19.1 Å². The summed E-state index contributed by atoms with van der Waals surface area (Å²) >= 11 is 1.69. The molecule has 0 atom stereocenters. The number of aryl methyl sites for hydroxylation is 2. The molecule has 0 bridgehead atoms. The summed E-state index contributed by atoms with van der Waals surface area (Å²) < 4.78 is 7.50. The normalized spacial score (nSPS) is 14.5. The molecule has 1 aromatic heterocycles. The number of nitrogens with zero attached hydrogens (tertiary/aromatic N) is 5. The minimum absolute atomic E-state index is 0.195. The summed E-state index contributed by atoms with van der Waals surface area (Å²) in [5.74, 6) is 1.08. The number of methoxy groups -OCH3 is 1. The van der Waals surface area contributed by atoms with Gasteiger partial charge in [0, 0.05) is 82.3 Å². The van der Waals surface area contributed by atoms with E-state index in [-0.39, 0.29) is 5.91 Å². The van der Waals surface area contributed by atoms with Crippen LogP contribution in [-0.2, 0) is 4.79 Å². The Morgan fingerprint density at radius 2 is 1.70 bits per heavy atom. The van der Waals surface area contributed by atoms with Crippen LogP contribution in [0.1, 0.15) is 17.5 Å². The summed E-state index contributed by atoms with van der Waals surface area (Å²) in [6.45, 7) is 10.6. The van der Waals surface area contributed by atoms with Gasteiger partial charge in [-0.3, -0.25) is 14.7 Å². The van der Waals surface area contributed by atoms with Crippen molar-refractivity contribution in [3.05, 3.63) is 47.8 Å². The number of benzene rings is 1. The first-order valence-electron chi connectivity index (χ1n) is 11.5. The maximum atomic E-state index is 12.7. The number of likely N-dealkylation sites (N-methyl/N-ethyl adjacent to an activating group) is 1. The fourth-order valence-electron chi connectivity index (χ4n) is 4.02. The molecule has 1 aromatic carbocycles. The molecule has 8 heteroatoms. The van der Waals surface area contributed by atoms with Gasteiger partial charge in [-0.1, -0.05) is 0 Å². The fourth-order valence-corrected chi connectivity index (χ4v) is 4.92. The van der Waals surface area contributed by atoms with Crippen LogP contribution in [0.4, 0.5) is 5.69 Å². The van der Waals surface area contributed by atoms with Crippen LogP contribution in [0.25, 0.3) is 0 Å². The van der Waals surface area contributed by atoms with Crippen LogP contribution in [0.15, 0.2) is 41.6 Å². The average molecular weight is 472 g/mol. The Labute approximate surface area is 202 Å². The van der Waals surface area contributed by atoms with E-state index in [1.54, 1.807) is 19.1 Å². The third-order valence-corrected chi connectivity index (χ3v) is 7.46. The topological polar surface area (TPSA) is 52.2 Å². The molecule has 0 saturated carbocycles. The van der Waals surface area contributed by atoms with Gasteiger partial charge in [0.1, 0.15) is 5.75 Å². The highest BCUT2D eigenvalue weighted by Crippen LogP contribution is 2.31. The number of piperazine rings is 1. The first-order valence-corrected chi connectivity index (χ1v) is 12.3. The number of carbonyl (C=O) groups excluding carboxylic acids is 1. The van der Waals surface area contributed by atoms with Crippen LogP contribution in [-0.4, -0.2) is 92.0 Å². The first kappa shape index (κ1) is 25.3. The fraction of sp³-hybridized carbons (Fsp3) is 0.520. The number of hydrogen-bond donors (Lipinski definition) is 0. The number of ether oxygens (including phenoxy) is 1. The molecule has 1 amide bonds. The summed E-state index contributed by atoms with van der Waals surface area (Å²) in [6, 6.07) is 8.24. The van der Waals surface area contributed by atoms with E-state index in [2.05, 4.69) is 57.2 Å². The van der Waals surface area contributed by atoms with Gasteiger partial charge in [-0.25, -0.2) is 4.31 Å². The summed E-state index contributed by atoms with van der Waals surface area (Å²) in [7, 11) is 5.65. The van der Waals surface area contributed by atoms with Gasteiger partial charge < -0.3 is 14.5 Å². The Hall–Kier alpha value is -2.29. The Morgan fingerprint density at radius 3 is 2.30 bits per heavy atom. The number of anilines is 1. The lowest BCUT2D eigenvalue weighted by Gasteiger charge is -2.36. The smallest absolute Gasteiger partial charge is 0.223 e. The molecule has 7 nitrogen and oxygen atoms in total. The number of hydrogen-bond acceptors (Lipinski definition) is 7. The van der Waals surface area contributed by atoms with Crippen molar-refractivity contribution in [2.45, 2.75) is 25.2 Å². The molecule has 1 aliphatic rings. The Kier molecular flexibility index (Phi) is 9.41. The molecule has 1 aliphatic heterocycles. The summed E-state index contributed by atoms with van der Waals surface area (Å²) in [4.78, 5) is 24.7. The van der Waals surface area contributed by atoms with E-state index >= 15 is 0 Å². The van der Waals surface area contributed by atoms with E-state index in [9.17, 15) is 4.79 Å². The van der Waals surface area contributed by atoms with Crippen molar-refractivity contribution in [2.75, 3.05) is 71.9 Å². The number of rotatable bonds is 10. The summed E-state index contributed by atoms with van der Waals surface area (Å²) in [5.41, 5.74) is 3.62. The molecule has 0 unspecified atom stereocenters. The van der Waals surface area contributed by atoms with Crippen LogP contribution in [0.3, 0.4) is 0 Å². The minimum Gasteiger partial charge on any atom is -0.497 e. The number of carbonyl (C=O) groups is 1. The molecule has 0 N–H and O–H groups in total. The van der Waals surface area contributed by atoms with Gasteiger partial charge in [-0.2, -0.15) is 0 Å². The van der Waals surface area contributed by atoms with Crippen LogP contribution in [0, 0.1) is 13.8 Å². The monoisotopic (exact) mass is 471 g/mol. The highest BCUT2D eigenvalue weighted by atomic mass is 32.2. The van der Waals surface area contributed by atoms with E-state index in [0.29, 0.717) is 13.0 Å². The van der Waals surface area contributed by atoms with Gasteiger partial charge in [0.2, 0.25) is 5.91 Å². The third-order valence-electron chi connectivity index (χ3n) is 6.13. The van der Waals surface area contributed by atoms with Gasteiger partial charge in [0.15, 0.2) is 0 Å². The maximum absolute atomic E-state index is 12.7. The second-order valence-corrected chi connectivity index (χ2v) is 9.85. The Morgan fingerprint density at radius 1 is 1.06 bits per heavy atom. The largest absolute Gasteiger partial charge is 0.497 e. The maximum Gasteiger partial charge on any atom is 0.223 e. The van der Waals surface area contributed by atoms with Gasteiger partial charge >= 0.3 is 0 Å². The molecule has 1 saturated heterocycles. The van der Waals surface area contributed by atoms with Gasteiger partial charge in [0.25, 0.3) is 0 Å². The van der Waals surface area contributed by atoms with Crippen molar-refractivity contribution < 1.29 is 9.53 Å². The zero-order chi connectivity index (χ0) is 23.8. The summed E-state index contributed by atoms with van der Waals surface area (Å²) in [5, 5.41) is 0. The van der Waals surface area contributed by atoms with Crippen LogP contribution in [0.2, 0.25) is 0 Å². The van der Waals surface area contributed by atoms with E-state index < -0.39 is 0 Å². The minimum atomic E-state index is 0.195. The molecule has 0 radical (unpaired) electrons. The highest BCUT2D eigenvalue weighted by Gasteiger charge is 2.19. The number of aromatic nitrogens is 1. The number of pyridine rings is 1. The number of amides is 1. The van der Waals surface area contributed by atoms with Crippen molar-refractivity contribution in [2.24, 2.45) is 0 Å². The molecule has 0 spiro atoms. The average Bonchev–Trinajstić information content (AvgIpc) is 2.83. The van der Waals surface area contributed by atoms with Crippen molar-refractivity contribution in [1.29, 1.82) is 0 Å². The molecule has 1 fully saturated rings.